The fourth-order valence-corrected chi connectivity index (χ4v) is 4.02. The number of rotatable bonds is 6. The first-order valence-corrected chi connectivity index (χ1v) is 9.81. The van der Waals surface area contributed by atoms with Gasteiger partial charge in [0.1, 0.15) is 11.9 Å². The van der Waals surface area contributed by atoms with Gasteiger partial charge in [0.15, 0.2) is 0 Å². The highest BCUT2D eigenvalue weighted by atomic mass is 32.1. The van der Waals surface area contributed by atoms with Gasteiger partial charge in [-0.1, -0.05) is 42.5 Å². The quantitative estimate of drug-likeness (QED) is 0.450. The molecule has 0 aliphatic rings. The van der Waals surface area contributed by atoms with Crippen molar-refractivity contribution in [2.45, 2.75) is 19.2 Å². The first kappa shape index (κ1) is 18.3. The lowest BCUT2D eigenvalue weighted by molar-refractivity contribution is 0.193. The van der Waals surface area contributed by atoms with E-state index in [-0.39, 0.29) is 6.03 Å². The maximum absolute atomic E-state index is 12.2. The molecule has 0 fully saturated rings. The predicted molar refractivity (Wildman–Crippen MR) is 110 cm³/mol. The molecule has 1 unspecified atom stereocenters. The smallest absolute Gasteiger partial charge is 0.315 e. The largest absolute Gasteiger partial charge is 0.466 e. The van der Waals surface area contributed by atoms with E-state index in [9.17, 15) is 9.90 Å². The van der Waals surface area contributed by atoms with Gasteiger partial charge in [0.2, 0.25) is 0 Å². The molecule has 0 aliphatic heterocycles. The molecule has 2 aromatic carbocycles. The Morgan fingerprint density at radius 3 is 2.64 bits per heavy atom. The van der Waals surface area contributed by atoms with E-state index in [1.807, 2.05) is 36.4 Å². The number of carbonyl (C=O) groups is 1. The molecule has 2 aromatic heterocycles. The first-order valence-electron chi connectivity index (χ1n) is 8.99. The zero-order valence-electron chi connectivity index (χ0n) is 15.1. The van der Waals surface area contributed by atoms with Gasteiger partial charge in [0.05, 0.1) is 12.8 Å². The van der Waals surface area contributed by atoms with E-state index in [1.54, 1.807) is 12.1 Å². The van der Waals surface area contributed by atoms with Gasteiger partial charge in [-0.3, -0.25) is 0 Å². The van der Waals surface area contributed by atoms with Crippen LogP contribution in [0.25, 0.3) is 10.8 Å². The molecule has 142 valence electrons. The minimum atomic E-state index is -0.783. The molecule has 4 rings (SSSR count). The maximum atomic E-state index is 12.2. The Hall–Kier alpha value is -3.09. The third-order valence-electron chi connectivity index (χ3n) is 4.51. The van der Waals surface area contributed by atoms with Crippen LogP contribution in [0.4, 0.5) is 4.79 Å². The van der Waals surface area contributed by atoms with Gasteiger partial charge in [0.25, 0.3) is 0 Å². The van der Waals surface area contributed by atoms with Gasteiger partial charge < -0.3 is 20.2 Å². The van der Waals surface area contributed by atoms with Crippen LogP contribution in [0, 0.1) is 0 Å². The number of hydrogen-bond acceptors (Lipinski definition) is 4. The number of hydrogen-bond donors (Lipinski definition) is 3. The Kier molecular flexibility index (Phi) is 5.41. The van der Waals surface area contributed by atoms with Crippen molar-refractivity contribution in [2.24, 2.45) is 0 Å². The van der Waals surface area contributed by atoms with Crippen LogP contribution in [0.3, 0.4) is 0 Å². The summed E-state index contributed by atoms with van der Waals surface area (Å²) in [4.78, 5) is 13.9. The van der Waals surface area contributed by atoms with E-state index >= 15 is 0 Å². The van der Waals surface area contributed by atoms with Crippen molar-refractivity contribution in [1.29, 1.82) is 0 Å². The van der Waals surface area contributed by atoms with Gasteiger partial charge in [-0.25, -0.2) is 4.79 Å². The van der Waals surface area contributed by atoms with Gasteiger partial charge in [-0.2, -0.15) is 0 Å². The molecule has 0 bridgehead atoms. The molecule has 4 aromatic rings. The number of furan rings is 1. The van der Waals surface area contributed by atoms with Crippen molar-refractivity contribution in [3.63, 3.8) is 0 Å². The van der Waals surface area contributed by atoms with Crippen LogP contribution in [0.15, 0.2) is 77.4 Å². The molecule has 0 spiro atoms. The second-order valence-corrected chi connectivity index (χ2v) is 7.60. The average Bonchev–Trinajstić information content (AvgIpc) is 3.42. The lowest BCUT2D eigenvalue weighted by atomic mass is 10.0. The summed E-state index contributed by atoms with van der Waals surface area (Å²) in [6, 6.07) is 21.2. The van der Waals surface area contributed by atoms with Gasteiger partial charge >= 0.3 is 6.03 Å². The van der Waals surface area contributed by atoms with Gasteiger partial charge in [0, 0.05) is 16.3 Å². The fourth-order valence-electron chi connectivity index (χ4n) is 3.08. The zero-order chi connectivity index (χ0) is 19.3. The van der Waals surface area contributed by atoms with Crippen LogP contribution in [-0.2, 0) is 13.1 Å². The predicted octanol–water partition coefficient (Wildman–Crippen LogP) is 4.58. The highest BCUT2D eigenvalue weighted by molar-refractivity contribution is 7.12. The van der Waals surface area contributed by atoms with Gasteiger partial charge in [-0.05, 0) is 40.6 Å². The van der Waals surface area contributed by atoms with E-state index in [4.69, 9.17) is 4.42 Å². The molecule has 0 saturated carbocycles. The van der Waals surface area contributed by atoms with Crippen LogP contribution in [0.2, 0.25) is 0 Å². The van der Waals surface area contributed by atoms with Crippen LogP contribution in [0.1, 0.15) is 27.2 Å². The molecular weight excluding hydrogens is 372 g/mol. The second-order valence-electron chi connectivity index (χ2n) is 6.40. The summed E-state index contributed by atoms with van der Waals surface area (Å²) >= 11 is 1.45. The Labute approximate surface area is 166 Å². The van der Waals surface area contributed by atoms with Crippen LogP contribution in [0.5, 0.6) is 0 Å². The summed E-state index contributed by atoms with van der Waals surface area (Å²) in [6.07, 6.45) is 0.753. The molecule has 0 saturated heterocycles. The highest BCUT2D eigenvalue weighted by Crippen LogP contribution is 2.28. The molecule has 0 aliphatic carbocycles. The number of fused-ring (bicyclic) bond motifs is 1. The highest BCUT2D eigenvalue weighted by Gasteiger charge is 2.15. The van der Waals surface area contributed by atoms with E-state index in [0.29, 0.717) is 18.8 Å². The van der Waals surface area contributed by atoms with Crippen molar-refractivity contribution in [3.05, 3.63) is 94.1 Å². The van der Waals surface area contributed by atoms with Crippen molar-refractivity contribution in [3.8, 4) is 0 Å². The Morgan fingerprint density at radius 2 is 1.79 bits per heavy atom. The van der Waals surface area contributed by atoms with E-state index in [1.165, 1.54) is 17.6 Å². The van der Waals surface area contributed by atoms with E-state index < -0.39 is 6.10 Å². The molecule has 0 radical (unpaired) electrons. The lowest BCUT2D eigenvalue weighted by Crippen LogP contribution is -2.34. The van der Waals surface area contributed by atoms with Crippen molar-refractivity contribution < 1.29 is 14.3 Å². The van der Waals surface area contributed by atoms with Crippen LogP contribution >= 0.6 is 11.3 Å². The molecule has 2 amide bonds. The Balaban J connectivity index is 1.31. The SMILES string of the molecule is O=C(NCc1ccc(C(O)c2ccco2)s1)NCc1cccc2ccccc12. The number of aliphatic hydroxyl groups excluding tert-OH is 1. The molecule has 6 heteroatoms. The number of amides is 2. The molecular formula is C22H20N2O3S. The third-order valence-corrected chi connectivity index (χ3v) is 5.64. The van der Waals surface area contributed by atoms with Crippen molar-refractivity contribution in [2.75, 3.05) is 0 Å². The molecule has 1 atom stereocenters. The number of aliphatic hydroxyl groups is 1. The Morgan fingerprint density at radius 1 is 0.964 bits per heavy atom. The summed E-state index contributed by atoms with van der Waals surface area (Å²) in [6.45, 7) is 0.858. The summed E-state index contributed by atoms with van der Waals surface area (Å²) in [7, 11) is 0. The minimum absolute atomic E-state index is 0.227. The standard InChI is InChI=1S/C22H20N2O3S/c25-21(19-9-4-12-27-19)20-11-10-17(28-20)14-24-22(26)23-13-16-7-3-6-15-5-1-2-8-18(15)16/h1-12,21,25H,13-14H2,(H2,23,24,26). The molecule has 28 heavy (non-hydrogen) atoms. The summed E-state index contributed by atoms with van der Waals surface area (Å²) in [5.41, 5.74) is 1.08. The number of urea groups is 1. The number of nitrogens with one attached hydrogen (secondary N) is 2. The lowest BCUT2D eigenvalue weighted by Gasteiger charge is -2.09. The number of thiophene rings is 1. The third kappa shape index (κ3) is 4.08. The van der Waals surface area contributed by atoms with Gasteiger partial charge in [-0.15, -0.1) is 11.3 Å². The normalized spacial score (nSPS) is 12.0. The van der Waals surface area contributed by atoms with Crippen molar-refractivity contribution >= 4 is 28.1 Å². The number of benzene rings is 2. The summed E-state index contributed by atoms with van der Waals surface area (Å²) in [5.74, 6) is 0.509. The Bertz CT molecular complexity index is 1070. The van der Waals surface area contributed by atoms with Crippen molar-refractivity contribution in [1.82, 2.24) is 10.6 Å². The maximum Gasteiger partial charge on any atom is 0.315 e. The minimum Gasteiger partial charge on any atom is -0.466 e. The summed E-state index contributed by atoms with van der Waals surface area (Å²) < 4.78 is 5.24. The first-order chi connectivity index (χ1) is 13.7. The second kappa shape index (κ2) is 8.29. The average molecular weight is 392 g/mol. The van der Waals surface area contributed by atoms with Crippen LogP contribution < -0.4 is 10.6 Å². The molecule has 3 N–H and O–H groups in total. The van der Waals surface area contributed by atoms with E-state index in [0.717, 1.165) is 26.1 Å². The van der Waals surface area contributed by atoms with E-state index in [2.05, 4.69) is 28.8 Å². The summed E-state index contributed by atoms with van der Waals surface area (Å²) in [5, 5.41) is 18.3. The molecule has 5 nitrogen and oxygen atoms in total. The zero-order valence-corrected chi connectivity index (χ0v) is 15.9. The fraction of sp³-hybridized carbons (Fsp3) is 0.136. The molecule has 2 heterocycles. The number of carbonyl (C=O) groups excluding carboxylic acids is 1. The monoisotopic (exact) mass is 392 g/mol. The topological polar surface area (TPSA) is 74.5 Å². The van der Waals surface area contributed by atoms with Crippen LogP contribution in [-0.4, -0.2) is 11.1 Å².